The van der Waals surface area contributed by atoms with Crippen LogP contribution in [0, 0.1) is 6.92 Å². The summed E-state index contributed by atoms with van der Waals surface area (Å²) in [5.74, 6) is 0. The SMILES string of the molecule is Cc1cnccc1CNc1cccnc1C(N)=S. The number of thiocarbonyl (C=S) groups is 1. The van der Waals surface area contributed by atoms with Gasteiger partial charge in [0, 0.05) is 25.1 Å². The zero-order chi connectivity index (χ0) is 13.0. The summed E-state index contributed by atoms with van der Waals surface area (Å²) in [6.45, 7) is 2.72. The molecule has 0 saturated carbocycles. The van der Waals surface area contributed by atoms with Gasteiger partial charge < -0.3 is 11.1 Å². The largest absolute Gasteiger partial charge is 0.388 e. The molecular weight excluding hydrogens is 244 g/mol. The van der Waals surface area contributed by atoms with E-state index in [1.165, 1.54) is 5.56 Å². The number of hydrogen-bond donors (Lipinski definition) is 2. The third kappa shape index (κ3) is 2.81. The molecule has 0 saturated heterocycles. The van der Waals surface area contributed by atoms with Gasteiger partial charge in [0.2, 0.25) is 0 Å². The van der Waals surface area contributed by atoms with E-state index < -0.39 is 0 Å². The Balaban J connectivity index is 2.16. The number of aromatic nitrogens is 2. The molecule has 0 unspecified atom stereocenters. The topological polar surface area (TPSA) is 63.8 Å². The maximum atomic E-state index is 5.63. The van der Waals surface area contributed by atoms with Crippen LogP contribution in [0.4, 0.5) is 5.69 Å². The number of nitrogens with zero attached hydrogens (tertiary/aromatic N) is 2. The van der Waals surface area contributed by atoms with Crippen LogP contribution in [-0.4, -0.2) is 15.0 Å². The van der Waals surface area contributed by atoms with Gasteiger partial charge in [-0.2, -0.15) is 0 Å². The molecule has 0 atom stereocenters. The second-order valence-electron chi connectivity index (χ2n) is 3.92. The van der Waals surface area contributed by atoms with Crippen molar-refractivity contribution in [3.8, 4) is 0 Å². The van der Waals surface area contributed by atoms with Crippen molar-refractivity contribution in [3.63, 3.8) is 0 Å². The Labute approximate surface area is 111 Å². The molecule has 0 aromatic carbocycles. The Bertz CT molecular complexity index is 568. The monoisotopic (exact) mass is 258 g/mol. The normalized spacial score (nSPS) is 10.1. The first-order valence-corrected chi connectivity index (χ1v) is 5.97. The van der Waals surface area contributed by atoms with Crippen LogP contribution in [0.2, 0.25) is 0 Å². The van der Waals surface area contributed by atoms with Gasteiger partial charge in [0.05, 0.1) is 5.69 Å². The smallest absolute Gasteiger partial charge is 0.124 e. The summed E-state index contributed by atoms with van der Waals surface area (Å²) in [4.78, 5) is 8.53. The summed E-state index contributed by atoms with van der Waals surface area (Å²) < 4.78 is 0. The quantitative estimate of drug-likeness (QED) is 0.822. The molecule has 92 valence electrons. The molecule has 3 N–H and O–H groups in total. The van der Waals surface area contributed by atoms with Gasteiger partial charge in [-0.3, -0.25) is 9.97 Å². The summed E-state index contributed by atoms with van der Waals surface area (Å²) in [5, 5.41) is 3.29. The van der Waals surface area contributed by atoms with Gasteiger partial charge in [0.25, 0.3) is 0 Å². The van der Waals surface area contributed by atoms with Crippen molar-refractivity contribution in [1.82, 2.24) is 9.97 Å². The summed E-state index contributed by atoms with van der Waals surface area (Å²) in [6.07, 6.45) is 5.30. The molecule has 0 fully saturated rings. The predicted octanol–water partition coefficient (Wildman–Crippen LogP) is 2.03. The molecule has 0 aliphatic carbocycles. The zero-order valence-corrected chi connectivity index (χ0v) is 10.9. The van der Waals surface area contributed by atoms with Crippen LogP contribution in [0.25, 0.3) is 0 Å². The number of anilines is 1. The number of nitrogens with two attached hydrogens (primary N) is 1. The molecule has 0 aliphatic rings. The Hall–Kier alpha value is -2.01. The van der Waals surface area contributed by atoms with Gasteiger partial charge in [-0.15, -0.1) is 0 Å². The summed E-state index contributed by atoms with van der Waals surface area (Å²) in [5.41, 5.74) is 9.43. The van der Waals surface area contributed by atoms with E-state index in [1.54, 1.807) is 12.4 Å². The molecule has 18 heavy (non-hydrogen) atoms. The van der Waals surface area contributed by atoms with Crippen molar-refractivity contribution in [2.75, 3.05) is 5.32 Å². The first-order valence-electron chi connectivity index (χ1n) is 5.56. The highest BCUT2D eigenvalue weighted by atomic mass is 32.1. The summed E-state index contributed by atoms with van der Waals surface area (Å²) in [6, 6.07) is 5.75. The van der Waals surface area contributed by atoms with Crippen molar-refractivity contribution in [3.05, 3.63) is 53.6 Å². The second kappa shape index (κ2) is 5.55. The molecular formula is C13H14N4S. The fraction of sp³-hybridized carbons (Fsp3) is 0.154. The van der Waals surface area contributed by atoms with E-state index in [0.29, 0.717) is 17.2 Å². The third-order valence-corrected chi connectivity index (χ3v) is 2.84. The van der Waals surface area contributed by atoms with Gasteiger partial charge in [-0.25, -0.2) is 0 Å². The average Bonchev–Trinajstić information content (AvgIpc) is 2.38. The molecule has 4 nitrogen and oxygen atoms in total. The molecule has 2 rings (SSSR count). The lowest BCUT2D eigenvalue weighted by Crippen LogP contribution is -2.15. The van der Waals surface area contributed by atoms with Crippen molar-refractivity contribution in [2.24, 2.45) is 5.73 Å². The fourth-order valence-electron chi connectivity index (χ4n) is 1.64. The second-order valence-corrected chi connectivity index (χ2v) is 4.36. The lowest BCUT2D eigenvalue weighted by molar-refractivity contribution is 1.08. The maximum Gasteiger partial charge on any atom is 0.124 e. The highest BCUT2D eigenvalue weighted by Crippen LogP contribution is 2.14. The summed E-state index contributed by atoms with van der Waals surface area (Å²) in [7, 11) is 0. The molecule has 0 bridgehead atoms. The minimum atomic E-state index is 0.296. The number of hydrogen-bond acceptors (Lipinski definition) is 4. The van der Waals surface area contributed by atoms with E-state index in [2.05, 4.69) is 15.3 Å². The Morgan fingerprint density at radius 1 is 1.39 bits per heavy atom. The molecule has 5 heteroatoms. The van der Waals surface area contributed by atoms with Crippen LogP contribution in [0.3, 0.4) is 0 Å². The highest BCUT2D eigenvalue weighted by molar-refractivity contribution is 7.80. The van der Waals surface area contributed by atoms with Gasteiger partial charge >= 0.3 is 0 Å². The number of rotatable bonds is 4. The van der Waals surface area contributed by atoms with E-state index in [-0.39, 0.29) is 0 Å². The Morgan fingerprint density at radius 2 is 2.22 bits per heavy atom. The van der Waals surface area contributed by atoms with E-state index in [9.17, 15) is 0 Å². The molecule has 0 radical (unpaired) electrons. The standard InChI is InChI=1S/C13H14N4S/c1-9-7-15-6-4-10(9)8-17-11-3-2-5-16-12(11)13(14)18/h2-7,17H,8H2,1H3,(H2,14,18). The lowest BCUT2D eigenvalue weighted by atomic mass is 10.1. The maximum absolute atomic E-state index is 5.63. The first-order chi connectivity index (χ1) is 8.68. The minimum Gasteiger partial charge on any atom is -0.388 e. The molecule has 2 aromatic heterocycles. The molecule has 0 amide bonds. The predicted molar refractivity (Wildman–Crippen MR) is 76.4 cm³/mol. The zero-order valence-electron chi connectivity index (χ0n) is 10.1. The molecule has 0 spiro atoms. The van der Waals surface area contributed by atoms with Gasteiger partial charge in [0.15, 0.2) is 0 Å². The van der Waals surface area contributed by atoms with Crippen molar-refractivity contribution < 1.29 is 0 Å². The number of pyridine rings is 2. The minimum absolute atomic E-state index is 0.296. The lowest BCUT2D eigenvalue weighted by Gasteiger charge is -2.11. The Morgan fingerprint density at radius 3 is 2.94 bits per heavy atom. The van der Waals surface area contributed by atoms with E-state index >= 15 is 0 Å². The van der Waals surface area contributed by atoms with Crippen LogP contribution in [0.1, 0.15) is 16.8 Å². The average molecular weight is 258 g/mol. The Kier molecular flexibility index (Phi) is 3.84. The van der Waals surface area contributed by atoms with Crippen LogP contribution in [0.15, 0.2) is 36.8 Å². The van der Waals surface area contributed by atoms with Gasteiger partial charge in [0.1, 0.15) is 10.7 Å². The van der Waals surface area contributed by atoms with Crippen LogP contribution in [-0.2, 0) is 6.54 Å². The van der Waals surface area contributed by atoms with Crippen molar-refractivity contribution >= 4 is 22.9 Å². The van der Waals surface area contributed by atoms with E-state index in [4.69, 9.17) is 18.0 Å². The first kappa shape index (κ1) is 12.4. The highest BCUT2D eigenvalue weighted by Gasteiger charge is 2.06. The van der Waals surface area contributed by atoms with E-state index in [1.807, 2.05) is 31.3 Å². The van der Waals surface area contributed by atoms with Crippen molar-refractivity contribution in [1.29, 1.82) is 0 Å². The molecule has 2 aromatic rings. The van der Waals surface area contributed by atoms with Crippen LogP contribution < -0.4 is 11.1 Å². The molecule has 0 aliphatic heterocycles. The third-order valence-electron chi connectivity index (χ3n) is 2.65. The van der Waals surface area contributed by atoms with Gasteiger partial charge in [-0.1, -0.05) is 12.2 Å². The van der Waals surface area contributed by atoms with Crippen LogP contribution >= 0.6 is 12.2 Å². The number of aryl methyl sites for hydroxylation is 1. The fourth-order valence-corrected chi connectivity index (χ4v) is 1.80. The van der Waals surface area contributed by atoms with E-state index in [0.717, 1.165) is 11.3 Å². The molecule has 2 heterocycles. The summed E-state index contributed by atoms with van der Waals surface area (Å²) >= 11 is 4.97. The van der Waals surface area contributed by atoms with Gasteiger partial charge in [-0.05, 0) is 36.2 Å². The van der Waals surface area contributed by atoms with Crippen LogP contribution in [0.5, 0.6) is 0 Å². The van der Waals surface area contributed by atoms with Crippen molar-refractivity contribution in [2.45, 2.75) is 13.5 Å². The number of nitrogens with one attached hydrogen (secondary N) is 1.